The normalized spacial score (nSPS) is 14.4. The van der Waals surface area contributed by atoms with Gasteiger partial charge in [-0.3, -0.25) is 0 Å². The fourth-order valence-corrected chi connectivity index (χ4v) is 9.58. The Balaban J connectivity index is 1.00. The van der Waals surface area contributed by atoms with Crippen LogP contribution in [-0.4, -0.2) is 13.7 Å². The van der Waals surface area contributed by atoms with Gasteiger partial charge >= 0.3 is 0 Å². The number of para-hydroxylation sites is 3. The van der Waals surface area contributed by atoms with Gasteiger partial charge in [0.15, 0.2) is 0 Å². The Morgan fingerprint density at radius 1 is 0.362 bits per heavy atom. The summed E-state index contributed by atoms with van der Waals surface area (Å²) in [4.78, 5) is 0. The number of fused-ring (bicyclic) bond motifs is 9. The van der Waals surface area contributed by atoms with Gasteiger partial charge in [-0.2, -0.15) is 0 Å². The molecule has 3 heterocycles. The lowest BCUT2D eigenvalue weighted by atomic mass is 10.0. The standard InChI is InChI=1S/C55H39N3/c1-36-22-26-41(27-23-36)56-50-19-8-7-18-46(50)49-35-43(28-31-55(49)56)58-52-21-10-6-17-45(52)48-34-40(25-30-54(48)58)39-24-29-53-47(33-39)44-16-5-9-20-51(44)57(53)42-15-11-14-38(32-42)37-12-3-2-4-13-37/h2-22,24-36H,23H2,1H3. The van der Waals surface area contributed by atoms with Gasteiger partial charge in [0.25, 0.3) is 0 Å². The molecule has 3 nitrogen and oxygen atoms in total. The highest BCUT2D eigenvalue weighted by Crippen LogP contribution is 2.40. The molecule has 11 aromatic rings. The Morgan fingerprint density at radius 3 is 1.43 bits per heavy atom. The van der Waals surface area contributed by atoms with Crippen molar-refractivity contribution >= 4 is 71.1 Å². The number of nitrogens with zero attached hydrogens (tertiary/aromatic N) is 3. The van der Waals surface area contributed by atoms with E-state index in [4.69, 9.17) is 0 Å². The molecule has 0 saturated heterocycles. The first-order valence-electron chi connectivity index (χ1n) is 20.3. The second kappa shape index (κ2) is 12.8. The zero-order chi connectivity index (χ0) is 38.3. The molecule has 58 heavy (non-hydrogen) atoms. The second-order valence-corrected chi connectivity index (χ2v) is 15.8. The summed E-state index contributed by atoms with van der Waals surface area (Å²) in [5, 5.41) is 7.55. The topological polar surface area (TPSA) is 14.8 Å². The summed E-state index contributed by atoms with van der Waals surface area (Å²) in [6.07, 6.45) is 8.07. The van der Waals surface area contributed by atoms with Gasteiger partial charge in [0.1, 0.15) is 0 Å². The van der Waals surface area contributed by atoms with Crippen LogP contribution in [0.1, 0.15) is 13.3 Å². The molecular formula is C55H39N3. The van der Waals surface area contributed by atoms with Crippen molar-refractivity contribution in [3.63, 3.8) is 0 Å². The predicted molar refractivity (Wildman–Crippen MR) is 246 cm³/mol. The molecule has 0 aliphatic heterocycles. The summed E-state index contributed by atoms with van der Waals surface area (Å²) < 4.78 is 7.29. The van der Waals surface area contributed by atoms with Crippen LogP contribution in [0.5, 0.6) is 0 Å². The lowest BCUT2D eigenvalue weighted by molar-refractivity contribution is 0.735. The summed E-state index contributed by atoms with van der Waals surface area (Å²) >= 11 is 0. The Kier molecular flexibility index (Phi) is 7.27. The van der Waals surface area contributed by atoms with Gasteiger partial charge in [-0.15, -0.1) is 0 Å². The molecule has 274 valence electrons. The third-order valence-corrected chi connectivity index (χ3v) is 12.4. The Labute approximate surface area is 336 Å². The number of hydrogen-bond acceptors (Lipinski definition) is 0. The fourth-order valence-electron chi connectivity index (χ4n) is 9.58. The van der Waals surface area contributed by atoms with E-state index in [9.17, 15) is 0 Å². The van der Waals surface area contributed by atoms with Crippen LogP contribution in [-0.2, 0) is 0 Å². The van der Waals surface area contributed by atoms with Crippen LogP contribution in [0, 0.1) is 5.92 Å². The molecule has 0 saturated carbocycles. The van der Waals surface area contributed by atoms with Crippen molar-refractivity contribution in [1.82, 2.24) is 13.7 Å². The number of benzene rings is 8. The van der Waals surface area contributed by atoms with Crippen LogP contribution in [0.4, 0.5) is 0 Å². The summed E-state index contributed by atoms with van der Waals surface area (Å²) in [7, 11) is 0. The van der Waals surface area contributed by atoms with Crippen molar-refractivity contribution in [3.05, 3.63) is 200 Å². The van der Waals surface area contributed by atoms with Crippen LogP contribution in [0.25, 0.3) is 105 Å². The third-order valence-electron chi connectivity index (χ3n) is 12.4. The molecule has 1 aliphatic carbocycles. The molecule has 0 amide bonds. The van der Waals surface area contributed by atoms with E-state index in [1.807, 2.05) is 0 Å². The molecule has 0 radical (unpaired) electrons. The maximum Gasteiger partial charge on any atom is 0.0542 e. The average molecular weight is 742 g/mol. The molecule has 0 bridgehead atoms. The minimum absolute atomic E-state index is 0.567. The van der Waals surface area contributed by atoms with Gasteiger partial charge in [0.2, 0.25) is 0 Å². The van der Waals surface area contributed by atoms with Crippen molar-refractivity contribution in [2.45, 2.75) is 13.3 Å². The molecule has 1 unspecified atom stereocenters. The van der Waals surface area contributed by atoms with Crippen molar-refractivity contribution in [2.24, 2.45) is 5.92 Å². The molecule has 0 fully saturated rings. The highest BCUT2D eigenvalue weighted by molar-refractivity contribution is 6.14. The van der Waals surface area contributed by atoms with Crippen LogP contribution in [0.3, 0.4) is 0 Å². The van der Waals surface area contributed by atoms with E-state index < -0.39 is 0 Å². The minimum atomic E-state index is 0.567. The highest BCUT2D eigenvalue weighted by atomic mass is 15.0. The van der Waals surface area contributed by atoms with Gasteiger partial charge in [0.05, 0.1) is 33.1 Å². The summed E-state index contributed by atoms with van der Waals surface area (Å²) in [5.74, 6) is 0.567. The summed E-state index contributed by atoms with van der Waals surface area (Å²) in [5.41, 5.74) is 15.7. The summed E-state index contributed by atoms with van der Waals surface area (Å²) in [6.45, 7) is 2.28. The molecular weight excluding hydrogens is 703 g/mol. The maximum atomic E-state index is 2.45. The van der Waals surface area contributed by atoms with Crippen molar-refractivity contribution < 1.29 is 0 Å². The molecule has 0 N–H and O–H groups in total. The number of hydrogen-bond donors (Lipinski definition) is 0. The third kappa shape index (κ3) is 5.00. The van der Waals surface area contributed by atoms with Crippen LogP contribution >= 0.6 is 0 Å². The fraction of sp³-hybridized carbons (Fsp3) is 0.0545. The quantitative estimate of drug-likeness (QED) is 0.167. The lowest BCUT2D eigenvalue weighted by Gasteiger charge is -2.15. The van der Waals surface area contributed by atoms with E-state index >= 15 is 0 Å². The molecule has 1 atom stereocenters. The molecule has 3 heteroatoms. The van der Waals surface area contributed by atoms with Gasteiger partial charge in [-0.05, 0) is 113 Å². The van der Waals surface area contributed by atoms with E-state index in [-0.39, 0.29) is 0 Å². The first kappa shape index (κ1) is 32.8. The van der Waals surface area contributed by atoms with E-state index in [1.165, 1.54) is 99.1 Å². The van der Waals surface area contributed by atoms with Gasteiger partial charge in [-0.25, -0.2) is 0 Å². The highest BCUT2D eigenvalue weighted by Gasteiger charge is 2.19. The van der Waals surface area contributed by atoms with Crippen LogP contribution in [0.15, 0.2) is 200 Å². The lowest BCUT2D eigenvalue weighted by Crippen LogP contribution is -2.01. The van der Waals surface area contributed by atoms with Gasteiger partial charge in [0, 0.05) is 49.4 Å². The molecule has 12 rings (SSSR count). The number of aromatic nitrogens is 3. The number of rotatable bonds is 5. The molecule has 1 aliphatic rings. The Hall–Kier alpha value is -7.36. The van der Waals surface area contributed by atoms with E-state index in [0.29, 0.717) is 5.92 Å². The van der Waals surface area contributed by atoms with E-state index in [2.05, 4.69) is 221 Å². The largest absolute Gasteiger partial charge is 0.310 e. The van der Waals surface area contributed by atoms with Gasteiger partial charge < -0.3 is 13.7 Å². The van der Waals surface area contributed by atoms with Gasteiger partial charge in [-0.1, -0.05) is 128 Å². The van der Waals surface area contributed by atoms with Crippen LogP contribution < -0.4 is 0 Å². The van der Waals surface area contributed by atoms with Crippen molar-refractivity contribution in [3.8, 4) is 33.6 Å². The zero-order valence-corrected chi connectivity index (χ0v) is 32.2. The monoisotopic (exact) mass is 741 g/mol. The molecule has 8 aromatic carbocycles. The van der Waals surface area contributed by atoms with E-state index in [0.717, 1.165) is 12.1 Å². The smallest absolute Gasteiger partial charge is 0.0542 e. The number of allylic oxidation sites excluding steroid dienone is 4. The SMILES string of the molecule is CC1C=CC(n2c3ccccc3c3cc(-n4c5ccccc5c5cc(-c6ccc7c(c6)c6ccccc6n7-c6cccc(-c7ccccc7)c6)ccc54)ccc32)=CC1. The maximum absolute atomic E-state index is 2.45. The zero-order valence-electron chi connectivity index (χ0n) is 32.2. The summed E-state index contributed by atoms with van der Waals surface area (Å²) in [6, 6.07) is 67.0. The minimum Gasteiger partial charge on any atom is -0.310 e. The second-order valence-electron chi connectivity index (χ2n) is 15.8. The van der Waals surface area contributed by atoms with E-state index in [1.54, 1.807) is 0 Å². The predicted octanol–water partition coefficient (Wildman–Crippen LogP) is 14.8. The van der Waals surface area contributed by atoms with Crippen molar-refractivity contribution in [2.75, 3.05) is 0 Å². The molecule has 3 aromatic heterocycles. The first-order chi connectivity index (χ1) is 28.7. The Bertz CT molecular complexity index is 3500. The average Bonchev–Trinajstić information content (AvgIpc) is 3.92. The van der Waals surface area contributed by atoms with Crippen LogP contribution in [0.2, 0.25) is 0 Å². The molecule has 0 spiro atoms. The first-order valence-corrected chi connectivity index (χ1v) is 20.3. The van der Waals surface area contributed by atoms with Crippen molar-refractivity contribution in [1.29, 1.82) is 0 Å². The Morgan fingerprint density at radius 2 is 0.828 bits per heavy atom.